The average molecular weight is 279 g/mol. The van der Waals surface area contributed by atoms with E-state index >= 15 is 0 Å². The van der Waals surface area contributed by atoms with Crippen molar-refractivity contribution in [3.63, 3.8) is 0 Å². The van der Waals surface area contributed by atoms with E-state index in [0.29, 0.717) is 11.5 Å². The van der Waals surface area contributed by atoms with Crippen LogP contribution >= 0.6 is 0 Å². The van der Waals surface area contributed by atoms with Gasteiger partial charge in [0.2, 0.25) is 0 Å². The molecule has 0 saturated heterocycles. The lowest BCUT2D eigenvalue weighted by Gasteiger charge is -2.18. The summed E-state index contributed by atoms with van der Waals surface area (Å²) in [5.74, 6) is -0.216. The lowest BCUT2D eigenvalue weighted by molar-refractivity contribution is -0.149. The van der Waals surface area contributed by atoms with Crippen molar-refractivity contribution in [3.8, 4) is 11.5 Å². The number of benzene rings is 1. The molecular weight excluding hydrogens is 262 g/mol. The van der Waals surface area contributed by atoms with E-state index in [1.54, 1.807) is 6.07 Å². The lowest BCUT2D eigenvalue weighted by Crippen LogP contribution is -2.25. The van der Waals surface area contributed by atoms with Gasteiger partial charge in [0.25, 0.3) is 5.91 Å². The predicted molar refractivity (Wildman–Crippen MR) is 70.5 cm³/mol. The van der Waals surface area contributed by atoms with Crippen molar-refractivity contribution in [3.05, 3.63) is 23.8 Å². The number of hydrogen-bond donors (Lipinski definition) is 1. The molecule has 2 N–H and O–H groups in total. The molecule has 1 heterocycles. The minimum absolute atomic E-state index is 0.283. The average Bonchev–Trinajstić information content (AvgIpc) is 2.68. The fourth-order valence-corrected chi connectivity index (χ4v) is 2.03. The Labute approximate surface area is 116 Å². The summed E-state index contributed by atoms with van der Waals surface area (Å²) in [6.45, 7) is 3.22. The summed E-state index contributed by atoms with van der Waals surface area (Å²) in [4.78, 5) is 21.8. The second-order valence-corrected chi connectivity index (χ2v) is 5.20. The molecule has 0 aromatic heterocycles. The van der Waals surface area contributed by atoms with Crippen LogP contribution in [0.4, 0.5) is 0 Å². The third-order valence-electron chi connectivity index (χ3n) is 2.78. The zero-order chi connectivity index (χ0) is 14.8. The Morgan fingerprint density at radius 2 is 2.10 bits per heavy atom. The Morgan fingerprint density at radius 1 is 1.35 bits per heavy atom. The normalized spacial score (nSPS) is 15.1. The van der Waals surface area contributed by atoms with Crippen LogP contribution in [0.1, 0.15) is 19.4 Å². The molecular formula is C14H17NO5. The largest absolute Gasteiger partial charge is 0.483 e. The van der Waals surface area contributed by atoms with Crippen molar-refractivity contribution >= 4 is 11.9 Å². The van der Waals surface area contributed by atoms with Crippen molar-refractivity contribution in [1.29, 1.82) is 0 Å². The summed E-state index contributed by atoms with van der Waals surface area (Å²) in [7, 11) is 0. The molecule has 1 aliphatic rings. The molecule has 6 heteroatoms. The molecule has 2 rings (SSSR count). The summed E-state index contributed by atoms with van der Waals surface area (Å²) in [5.41, 5.74) is 5.63. The zero-order valence-corrected chi connectivity index (χ0v) is 11.5. The van der Waals surface area contributed by atoms with Gasteiger partial charge in [0, 0.05) is 12.0 Å². The Kier molecular flexibility index (Phi) is 3.83. The monoisotopic (exact) mass is 279 g/mol. The fourth-order valence-electron chi connectivity index (χ4n) is 2.03. The number of carbonyl (C=O) groups is 2. The van der Waals surface area contributed by atoms with Gasteiger partial charge in [-0.3, -0.25) is 4.79 Å². The molecule has 0 atom stereocenters. The van der Waals surface area contributed by atoms with E-state index < -0.39 is 18.5 Å². The van der Waals surface area contributed by atoms with Crippen LogP contribution in [-0.4, -0.2) is 30.7 Å². The second kappa shape index (κ2) is 5.40. The molecule has 108 valence electrons. The number of hydrogen-bond acceptors (Lipinski definition) is 5. The van der Waals surface area contributed by atoms with Crippen molar-refractivity contribution in [2.45, 2.75) is 25.9 Å². The molecule has 0 radical (unpaired) electrons. The topological polar surface area (TPSA) is 87.9 Å². The zero-order valence-electron chi connectivity index (χ0n) is 11.5. The highest BCUT2D eigenvalue weighted by Gasteiger charge is 2.32. The summed E-state index contributed by atoms with van der Waals surface area (Å²) >= 11 is 0. The van der Waals surface area contributed by atoms with Crippen LogP contribution in [0.5, 0.6) is 11.5 Å². The van der Waals surface area contributed by atoms with E-state index in [1.165, 1.54) is 0 Å². The highest BCUT2D eigenvalue weighted by molar-refractivity contribution is 5.79. The number of rotatable bonds is 5. The third kappa shape index (κ3) is 3.40. The molecule has 0 bridgehead atoms. The summed E-state index contributed by atoms with van der Waals surface area (Å²) < 4.78 is 15.8. The van der Waals surface area contributed by atoms with Gasteiger partial charge < -0.3 is 19.9 Å². The molecule has 0 aliphatic carbocycles. The molecule has 0 saturated carbocycles. The number of para-hydroxylation sites is 1. The molecule has 1 aromatic rings. The molecule has 6 nitrogen and oxygen atoms in total. The van der Waals surface area contributed by atoms with Gasteiger partial charge in [0.15, 0.2) is 24.7 Å². The highest BCUT2D eigenvalue weighted by Crippen LogP contribution is 2.41. The van der Waals surface area contributed by atoms with Crippen LogP contribution in [-0.2, 0) is 20.7 Å². The molecule has 1 aliphatic heterocycles. The van der Waals surface area contributed by atoms with Crippen LogP contribution in [0.3, 0.4) is 0 Å². The first-order chi connectivity index (χ1) is 9.37. The van der Waals surface area contributed by atoms with Crippen LogP contribution in [0.2, 0.25) is 0 Å². The van der Waals surface area contributed by atoms with E-state index in [4.69, 9.17) is 15.2 Å². The van der Waals surface area contributed by atoms with E-state index in [-0.39, 0.29) is 12.2 Å². The van der Waals surface area contributed by atoms with Gasteiger partial charge in [0.1, 0.15) is 5.60 Å². The minimum Gasteiger partial charge on any atom is -0.483 e. The van der Waals surface area contributed by atoms with Gasteiger partial charge in [-0.05, 0) is 19.9 Å². The number of fused-ring (bicyclic) bond motifs is 1. The molecule has 1 amide bonds. The fraction of sp³-hybridized carbons (Fsp3) is 0.429. The Balaban J connectivity index is 1.97. The molecule has 0 fully saturated rings. The Morgan fingerprint density at radius 3 is 2.80 bits per heavy atom. The molecule has 0 spiro atoms. The first kappa shape index (κ1) is 14.2. The standard InChI is InChI=1S/C14H17NO5/c1-14(2)6-9-4-3-5-10(13(9)20-14)18-8-12(17)19-7-11(15)16/h3-5H,6-8H2,1-2H3,(H2,15,16). The number of esters is 1. The molecule has 1 aromatic carbocycles. The van der Waals surface area contributed by atoms with Crippen LogP contribution in [0.15, 0.2) is 18.2 Å². The minimum atomic E-state index is -0.705. The number of ether oxygens (including phenoxy) is 3. The van der Waals surface area contributed by atoms with Crippen molar-refractivity contribution in [1.82, 2.24) is 0 Å². The van der Waals surface area contributed by atoms with Gasteiger partial charge in [-0.25, -0.2) is 4.79 Å². The molecule has 0 unspecified atom stereocenters. The third-order valence-corrected chi connectivity index (χ3v) is 2.78. The van der Waals surface area contributed by atoms with E-state index in [1.807, 2.05) is 26.0 Å². The number of primary amides is 1. The number of amides is 1. The SMILES string of the molecule is CC1(C)Cc2cccc(OCC(=O)OCC(N)=O)c2O1. The summed E-state index contributed by atoms with van der Waals surface area (Å²) in [6, 6.07) is 5.53. The van der Waals surface area contributed by atoms with Gasteiger partial charge >= 0.3 is 5.97 Å². The van der Waals surface area contributed by atoms with Gasteiger partial charge in [-0.2, -0.15) is 0 Å². The number of nitrogens with two attached hydrogens (primary N) is 1. The lowest BCUT2D eigenvalue weighted by atomic mass is 10.0. The smallest absolute Gasteiger partial charge is 0.344 e. The Bertz CT molecular complexity index is 538. The maximum Gasteiger partial charge on any atom is 0.344 e. The van der Waals surface area contributed by atoms with Gasteiger partial charge in [-0.15, -0.1) is 0 Å². The van der Waals surface area contributed by atoms with Crippen LogP contribution < -0.4 is 15.2 Å². The summed E-state index contributed by atoms with van der Waals surface area (Å²) in [5, 5.41) is 0. The van der Waals surface area contributed by atoms with Crippen LogP contribution in [0.25, 0.3) is 0 Å². The van der Waals surface area contributed by atoms with E-state index in [2.05, 4.69) is 4.74 Å². The van der Waals surface area contributed by atoms with Crippen molar-refractivity contribution in [2.75, 3.05) is 13.2 Å². The van der Waals surface area contributed by atoms with Crippen molar-refractivity contribution in [2.24, 2.45) is 5.73 Å². The van der Waals surface area contributed by atoms with Gasteiger partial charge in [-0.1, -0.05) is 12.1 Å². The first-order valence-corrected chi connectivity index (χ1v) is 6.25. The molecule has 20 heavy (non-hydrogen) atoms. The number of carbonyl (C=O) groups excluding carboxylic acids is 2. The first-order valence-electron chi connectivity index (χ1n) is 6.25. The predicted octanol–water partition coefficient (Wildman–Crippen LogP) is 0.807. The quantitative estimate of drug-likeness (QED) is 0.806. The van der Waals surface area contributed by atoms with Crippen molar-refractivity contribution < 1.29 is 23.8 Å². The second-order valence-electron chi connectivity index (χ2n) is 5.20. The van der Waals surface area contributed by atoms with Gasteiger partial charge in [0.05, 0.1) is 0 Å². The maximum atomic E-state index is 11.4. The van der Waals surface area contributed by atoms with E-state index in [9.17, 15) is 9.59 Å². The Hall–Kier alpha value is -2.24. The highest BCUT2D eigenvalue weighted by atomic mass is 16.6. The summed E-state index contributed by atoms with van der Waals surface area (Å²) in [6.07, 6.45) is 0.783. The maximum absolute atomic E-state index is 11.4. The van der Waals surface area contributed by atoms with Crippen LogP contribution in [0, 0.1) is 0 Å². The van der Waals surface area contributed by atoms with E-state index in [0.717, 1.165) is 12.0 Å².